The van der Waals surface area contributed by atoms with Gasteiger partial charge in [-0.2, -0.15) is 0 Å². The summed E-state index contributed by atoms with van der Waals surface area (Å²) in [6.07, 6.45) is 1.33. The average Bonchev–Trinajstić information content (AvgIpc) is 2.41. The third kappa shape index (κ3) is 3.19. The van der Waals surface area contributed by atoms with Crippen LogP contribution in [0.2, 0.25) is 5.02 Å². The van der Waals surface area contributed by atoms with E-state index in [9.17, 15) is 9.90 Å². The predicted octanol–water partition coefficient (Wildman–Crippen LogP) is 2.16. The van der Waals surface area contributed by atoms with E-state index in [0.29, 0.717) is 29.4 Å². The number of anilines is 1. The summed E-state index contributed by atoms with van der Waals surface area (Å²) in [5.41, 5.74) is 6.74. The van der Waals surface area contributed by atoms with Gasteiger partial charge in [0.1, 0.15) is 0 Å². The number of rotatable bonds is 2. The fourth-order valence-corrected chi connectivity index (χ4v) is 2.64. The lowest BCUT2D eigenvalue weighted by Gasteiger charge is -2.33. The number of aliphatic hydroxyl groups is 1. The zero-order valence-corrected chi connectivity index (χ0v) is 11.7. The van der Waals surface area contributed by atoms with Crippen LogP contribution >= 0.6 is 11.6 Å². The molecular weight excluding hydrogens is 264 g/mol. The molecule has 1 aliphatic heterocycles. The van der Waals surface area contributed by atoms with Gasteiger partial charge in [-0.1, -0.05) is 11.6 Å². The zero-order chi connectivity index (χ0) is 14.0. The molecule has 0 bridgehead atoms. The van der Waals surface area contributed by atoms with E-state index in [4.69, 9.17) is 17.3 Å². The molecule has 0 saturated carbocycles. The molecule has 19 heavy (non-hydrogen) atoms. The van der Waals surface area contributed by atoms with Crippen molar-refractivity contribution in [1.82, 2.24) is 4.90 Å². The number of hydrogen-bond acceptors (Lipinski definition) is 3. The highest BCUT2D eigenvalue weighted by Crippen LogP contribution is 2.24. The van der Waals surface area contributed by atoms with E-state index < -0.39 is 0 Å². The summed E-state index contributed by atoms with van der Waals surface area (Å²) in [4.78, 5) is 14.2. The Morgan fingerprint density at radius 1 is 1.47 bits per heavy atom. The van der Waals surface area contributed by atoms with Crippen LogP contribution in [0.4, 0.5) is 5.69 Å². The number of nitrogens with two attached hydrogens (primary N) is 1. The summed E-state index contributed by atoms with van der Waals surface area (Å²) in [6.45, 7) is 3.11. The lowest BCUT2D eigenvalue weighted by Crippen LogP contribution is -2.41. The van der Waals surface area contributed by atoms with Crippen molar-refractivity contribution in [3.63, 3.8) is 0 Å². The minimum Gasteiger partial charge on any atom is -0.398 e. The molecule has 1 aliphatic rings. The van der Waals surface area contributed by atoms with Crippen molar-refractivity contribution in [1.29, 1.82) is 0 Å². The number of likely N-dealkylation sites (tertiary alicyclic amines) is 1. The van der Waals surface area contributed by atoms with Gasteiger partial charge in [0.2, 0.25) is 0 Å². The van der Waals surface area contributed by atoms with Crippen molar-refractivity contribution in [2.24, 2.45) is 5.92 Å². The molecule has 0 aromatic heterocycles. The molecule has 104 valence electrons. The van der Waals surface area contributed by atoms with Crippen LogP contribution < -0.4 is 5.73 Å². The lowest BCUT2D eigenvalue weighted by atomic mass is 9.92. The Hall–Kier alpha value is -1.26. The maximum absolute atomic E-state index is 12.4. The molecular formula is C14H19ClN2O2. The molecule has 1 atom stereocenters. The van der Waals surface area contributed by atoms with Gasteiger partial charge in [-0.15, -0.1) is 0 Å². The number of halogens is 1. The Balaban J connectivity index is 2.07. The van der Waals surface area contributed by atoms with Crippen LogP contribution in [0.25, 0.3) is 0 Å². The highest BCUT2D eigenvalue weighted by atomic mass is 35.5. The second-order valence-corrected chi connectivity index (χ2v) is 5.54. The molecule has 1 amide bonds. The first-order valence-electron chi connectivity index (χ1n) is 6.51. The van der Waals surface area contributed by atoms with Crippen LogP contribution in [-0.4, -0.2) is 35.1 Å². The number of carbonyl (C=O) groups excluding carboxylic acids is 1. The first-order chi connectivity index (χ1) is 8.99. The molecule has 1 heterocycles. The van der Waals surface area contributed by atoms with Gasteiger partial charge in [0, 0.05) is 23.8 Å². The SMILES string of the molecule is CC(O)C1CCN(C(=O)c2cc(Cl)ccc2N)CC1. The topological polar surface area (TPSA) is 66.6 Å². The Kier molecular flexibility index (Phi) is 4.32. The van der Waals surface area contributed by atoms with E-state index in [1.165, 1.54) is 0 Å². The second-order valence-electron chi connectivity index (χ2n) is 5.10. The van der Waals surface area contributed by atoms with Gasteiger partial charge in [0.15, 0.2) is 0 Å². The number of amides is 1. The summed E-state index contributed by atoms with van der Waals surface area (Å²) in [6, 6.07) is 4.94. The molecule has 1 aromatic carbocycles. The van der Waals surface area contributed by atoms with E-state index in [2.05, 4.69) is 0 Å². The molecule has 1 saturated heterocycles. The van der Waals surface area contributed by atoms with Gasteiger partial charge >= 0.3 is 0 Å². The van der Waals surface area contributed by atoms with Gasteiger partial charge in [0.25, 0.3) is 5.91 Å². The number of nitrogens with zero attached hydrogens (tertiary/aromatic N) is 1. The van der Waals surface area contributed by atoms with Crippen molar-refractivity contribution in [3.05, 3.63) is 28.8 Å². The number of carbonyl (C=O) groups is 1. The maximum atomic E-state index is 12.4. The second kappa shape index (κ2) is 5.80. The van der Waals surface area contributed by atoms with Crippen molar-refractivity contribution in [2.75, 3.05) is 18.8 Å². The molecule has 4 nitrogen and oxygen atoms in total. The predicted molar refractivity (Wildman–Crippen MR) is 76.2 cm³/mol. The fourth-order valence-electron chi connectivity index (χ4n) is 2.47. The van der Waals surface area contributed by atoms with Gasteiger partial charge in [-0.25, -0.2) is 0 Å². The summed E-state index contributed by atoms with van der Waals surface area (Å²) < 4.78 is 0. The summed E-state index contributed by atoms with van der Waals surface area (Å²) >= 11 is 5.91. The number of benzene rings is 1. The third-order valence-corrected chi connectivity index (χ3v) is 3.99. The van der Waals surface area contributed by atoms with E-state index >= 15 is 0 Å². The molecule has 2 rings (SSSR count). The zero-order valence-electron chi connectivity index (χ0n) is 11.0. The van der Waals surface area contributed by atoms with E-state index in [-0.39, 0.29) is 17.9 Å². The molecule has 5 heteroatoms. The van der Waals surface area contributed by atoms with Crippen LogP contribution in [-0.2, 0) is 0 Å². The lowest BCUT2D eigenvalue weighted by molar-refractivity contribution is 0.0522. The fraction of sp³-hybridized carbons (Fsp3) is 0.500. The molecule has 0 spiro atoms. The van der Waals surface area contributed by atoms with Crippen LogP contribution in [0.3, 0.4) is 0 Å². The summed E-state index contributed by atoms with van der Waals surface area (Å²) in [5, 5.41) is 10.1. The van der Waals surface area contributed by atoms with E-state index in [0.717, 1.165) is 12.8 Å². The number of aliphatic hydroxyl groups excluding tert-OH is 1. The third-order valence-electron chi connectivity index (χ3n) is 3.75. The van der Waals surface area contributed by atoms with Crippen molar-refractivity contribution >= 4 is 23.2 Å². The Morgan fingerprint density at radius 3 is 2.68 bits per heavy atom. The van der Waals surface area contributed by atoms with E-state index in [1.807, 2.05) is 0 Å². The maximum Gasteiger partial charge on any atom is 0.255 e. The highest BCUT2D eigenvalue weighted by molar-refractivity contribution is 6.31. The molecule has 0 aliphatic carbocycles. The molecule has 3 N–H and O–H groups in total. The van der Waals surface area contributed by atoms with Crippen molar-refractivity contribution in [3.8, 4) is 0 Å². The van der Waals surface area contributed by atoms with Crippen molar-refractivity contribution in [2.45, 2.75) is 25.9 Å². The Labute approximate surface area is 118 Å². The average molecular weight is 283 g/mol. The van der Waals surface area contributed by atoms with Crippen LogP contribution in [0, 0.1) is 5.92 Å². The van der Waals surface area contributed by atoms with Gasteiger partial charge in [-0.05, 0) is 43.9 Å². The van der Waals surface area contributed by atoms with Crippen LogP contribution in [0.5, 0.6) is 0 Å². The first kappa shape index (κ1) is 14.2. The highest BCUT2D eigenvalue weighted by Gasteiger charge is 2.26. The summed E-state index contributed by atoms with van der Waals surface area (Å²) in [5.74, 6) is 0.199. The van der Waals surface area contributed by atoms with Gasteiger partial charge in [0.05, 0.1) is 11.7 Å². The number of nitrogen functional groups attached to an aromatic ring is 1. The van der Waals surface area contributed by atoms with Crippen LogP contribution in [0.15, 0.2) is 18.2 Å². The summed E-state index contributed by atoms with van der Waals surface area (Å²) in [7, 11) is 0. The first-order valence-corrected chi connectivity index (χ1v) is 6.89. The largest absolute Gasteiger partial charge is 0.398 e. The van der Waals surface area contributed by atoms with Crippen LogP contribution in [0.1, 0.15) is 30.1 Å². The van der Waals surface area contributed by atoms with Gasteiger partial charge < -0.3 is 15.7 Å². The smallest absolute Gasteiger partial charge is 0.255 e. The van der Waals surface area contributed by atoms with E-state index in [1.54, 1.807) is 30.0 Å². The molecule has 1 fully saturated rings. The normalized spacial score (nSPS) is 18.4. The monoisotopic (exact) mass is 282 g/mol. The Bertz CT molecular complexity index is 469. The standard InChI is InChI=1S/C14H19ClN2O2/c1-9(18)10-4-6-17(7-5-10)14(19)12-8-11(15)2-3-13(12)16/h2-3,8-10,18H,4-7,16H2,1H3. The number of hydrogen-bond donors (Lipinski definition) is 2. The molecule has 0 radical (unpaired) electrons. The quantitative estimate of drug-likeness (QED) is 0.817. The van der Waals surface area contributed by atoms with Gasteiger partial charge in [-0.3, -0.25) is 4.79 Å². The van der Waals surface area contributed by atoms with Crippen molar-refractivity contribution < 1.29 is 9.90 Å². The Morgan fingerprint density at radius 2 is 2.11 bits per heavy atom. The number of piperidine rings is 1. The minimum absolute atomic E-state index is 0.0796. The minimum atomic E-state index is -0.312. The molecule has 1 unspecified atom stereocenters. The molecule has 1 aromatic rings.